The topological polar surface area (TPSA) is 78.9 Å². The maximum absolute atomic E-state index is 12.8. The summed E-state index contributed by atoms with van der Waals surface area (Å²) in [6.07, 6.45) is 88.4. The summed E-state index contributed by atoms with van der Waals surface area (Å²) in [7, 11) is 0. The molecule has 458 valence electrons. The van der Waals surface area contributed by atoms with Crippen LogP contribution in [0.25, 0.3) is 0 Å². The van der Waals surface area contributed by atoms with Crippen LogP contribution in [0.15, 0.2) is 72.9 Å². The summed E-state index contributed by atoms with van der Waals surface area (Å²) in [5.41, 5.74) is 0. The van der Waals surface area contributed by atoms with Crippen molar-refractivity contribution in [1.82, 2.24) is 0 Å². The van der Waals surface area contributed by atoms with Crippen molar-refractivity contribution in [3.8, 4) is 0 Å². The van der Waals surface area contributed by atoms with Crippen molar-refractivity contribution in [3.63, 3.8) is 0 Å². The largest absolute Gasteiger partial charge is 0.462 e. The van der Waals surface area contributed by atoms with Crippen molar-refractivity contribution in [2.45, 2.75) is 361 Å². The molecule has 0 aromatic heterocycles. The molecule has 1 unspecified atom stereocenters. The molecule has 1 atom stereocenters. The van der Waals surface area contributed by atoms with Gasteiger partial charge in [-0.15, -0.1) is 0 Å². The number of esters is 3. The molecule has 0 bridgehead atoms. The average molecular weight is 1100 g/mol. The van der Waals surface area contributed by atoms with E-state index in [1.54, 1.807) is 0 Å². The molecule has 6 nitrogen and oxygen atoms in total. The van der Waals surface area contributed by atoms with Crippen molar-refractivity contribution in [3.05, 3.63) is 72.9 Å². The molecule has 0 heterocycles. The maximum atomic E-state index is 12.8. The molecule has 0 N–H and O–H groups in total. The van der Waals surface area contributed by atoms with Crippen LogP contribution in [0, 0.1) is 0 Å². The number of ether oxygens (including phenoxy) is 3. The fraction of sp³-hybridized carbons (Fsp3) is 0.795. The number of carbonyl (C=O) groups is 3. The highest BCUT2D eigenvalue weighted by Gasteiger charge is 2.19. The van der Waals surface area contributed by atoms with E-state index in [-0.39, 0.29) is 31.1 Å². The molecule has 0 saturated carbocycles. The molecule has 0 aliphatic rings. The van der Waals surface area contributed by atoms with Crippen molar-refractivity contribution in [2.24, 2.45) is 0 Å². The van der Waals surface area contributed by atoms with Crippen molar-refractivity contribution in [1.29, 1.82) is 0 Å². The Balaban J connectivity index is 3.96. The van der Waals surface area contributed by atoms with Crippen LogP contribution < -0.4 is 0 Å². The van der Waals surface area contributed by atoms with Crippen molar-refractivity contribution >= 4 is 17.9 Å². The summed E-state index contributed by atoms with van der Waals surface area (Å²) in [5.74, 6) is -0.882. The smallest absolute Gasteiger partial charge is 0.306 e. The van der Waals surface area contributed by atoms with Crippen LogP contribution in [0.4, 0.5) is 0 Å². The standard InChI is InChI=1S/C73H130O6/c1-4-7-10-13-15-17-19-21-23-25-27-29-31-32-33-34-35-36-37-38-39-40-42-43-45-47-49-51-53-55-57-60-63-66-72(75)78-69-70(68-77-71(74)65-62-59-12-9-6-3)79-73(76)67-64-61-58-56-54-52-50-48-46-44-41-30-28-26-24-22-20-18-16-14-11-8-5-2/h19-22,25-28,31-32,41,44,70H,4-18,23-24,29-30,33-40,42-43,45-69H2,1-3H3/b21-19-,22-20-,27-25-,28-26-,32-31-,44-41-. The van der Waals surface area contributed by atoms with Gasteiger partial charge in [0.2, 0.25) is 0 Å². The number of allylic oxidation sites excluding steroid dienone is 12. The van der Waals surface area contributed by atoms with Gasteiger partial charge >= 0.3 is 17.9 Å². The lowest BCUT2D eigenvalue weighted by atomic mass is 10.0. The van der Waals surface area contributed by atoms with Gasteiger partial charge in [0.1, 0.15) is 13.2 Å². The Kier molecular flexibility index (Phi) is 64.7. The van der Waals surface area contributed by atoms with E-state index in [0.29, 0.717) is 19.3 Å². The van der Waals surface area contributed by atoms with E-state index in [4.69, 9.17) is 14.2 Å². The Labute approximate surface area is 491 Å². The summed E-state index contributed by atoms with van der Waals surface area (Å²) in [5, 5.41) is 0. The van der Waals surface area contributed by atoms with Crippen LogP contribution in [0.1, 0.15) is 355 Å². The second kappa shape index (κ2) is 67.4. The van der Waals surface area contributed by atoms with Gasteiger partial charge in [-0.25, -0.2) is 0 Å². The quantitative estimate of drug-likeness (QED) is 0.0261. The second-order valence-corrected chi connectivity index (χ2v) is 23.1. The molecular formula is C73H130O6. The Morgan fingerprint density at radius 1 is 0.253 bits per heavy atom. The third-order valence-corrected chi connectivity index (χ3v) is 15.2. The summed E-state index contributed by atoms with van der Waals surface area (Å²) in [6.45, 7) is 6.57. The third-order valence-electron chi connectivity index (χ3n) is 15.2. The van der Waals surface area contributed by atoms with Crippen LogP contribution in [-0.4, -0.2) is 37.2 Å². The minimum Gasteiger partial charge on any atom is -0.462 e. The van der Waals surface area contributed by atoms with E-state index in [1.807, 2.05) is 0 Å². The zero-order chi connectivity index (χ0) is 57.1. The van der Waals surface area contributed by atoms with E-state index in [2.05, 4.69) is 93.7 Å². The minimum absolute atomic E-state index is 0.0754. The fourth-order valence-corrected chi connectivity index (χ4v) is 9.99. The lowest BCUT2D eigenvalue weighted by Gasteiger charge is -2.18. The van der Waals surface area contributed by atoms with Crippen LogP contribution in [-0.2, 0) is 28.6 Å². The fourth-order valence-electron chi connectivity index (χ4n) is 9.99. The lowest BCUT2D eigenvalue weighted by Crippen LogP contribution is -2.30. The second-order valence-electron chi connectivity index (χ2n) is 23.1. The van der Waals surface area contributed by atoms with Gasteiger partial charge in [-0.2, -0.15) is 0 Å². The molecule has 79 heavy (non-hydrogen) atoms. The van der Waals surface area contributed by atoms with Gasteiger partial charge in [-0.3, -0.25) is 14.4 Å². The molecule has 0 spiro atoms. The first-order valence-electron chi connectivity index (χ1n) is 34.4. The number of carbonyl (C=O) groups excluding carboxylic acids is 3. The molecule has 6 heteroatoms. The zero-order valence-electron chi connectivity index (χ0n) is 52.6. The zero-order valence-corrected chi connectivity index (χ0v) is 52.6. The Morgan fingerprint density at radius 2 is 0.456 bits per heavy atom. The van der Waals surface area contributed by atoms with E-state index in [9.17, 15) is 14.4 Å². The number of hydrogen-bond donors (Lipinski definition) is 0. The molecule has 0 saturated heterocycles. The van der Waals surface area contributed by atoms with Gasteiger partial charge in [-0.1, -0.05) is 312 Å². The summed E-state index contributed by atoms with van der Waals surface area (Å²) in [4.78, 5) is 38.0. The molecular weight excluding hydrogens is 973 g/mol. The van der Waals surface area contributed by atoms with Crippen LogP contribution in [0.2, 0.25) is 0 Å². The average Bonchev–Trinajstić information content (AvgIpc) is 3.45. The Bertz CT molecular complexity index is 1450. The van der Waals surface area contributed by atoms with E-state index in [1.165, 1.54) is 218 Å². The number of unbranched alkanes of at least 4 members (excludes halogenated alkanes) is 40. The SMILES string of the molecule is CCCCCCC/C=C\C/C=C\C/C=C\CCCCCCCCCCCCCCCCCCCCC(=O)OCC(COC(=O)CCCCCCC)OC(=O)CCCCCCCCCC/C=C\C/C=C\C/C=C\CCCCCCC. The van der Waals surface area contributed by atoms with Crippen LogP contribution in [0.5, 0.6) is 0 Å². The van der Waals surface area contributed by atoms with Gasteiger partial charge in [-0.05, 0) is 96.3 Å². The highest BCUT2D eigenvalue weighted by Crippen LogP contribution is 2.17. The highest BCUT2D eigenvalue weighted by molar-refractivity contribution is 5.71. The van der Waals surface area contributed by atoms with Crippen LogP contribution >= 0.6 is 0 Å². The number of rotatable bonds is 63. The van der Waals surface area contributed by atoms with Gasteiger partial charge in [0, 0.05) is 19.3 Å². The molecule has 0 aliphatic heterocycles. The van der Waals surface area contributed by atoms with E-state index >= 15 is 0 Å². The third kappa shape index (κ3) is 65.5. The molecule has 0 rings (SSSR count). The van der Waals surface area contributed by atoms with Crippen molar-refractivity contribution < 1.29 is 28.6 Å². The van der Waals surface area contributed by atoms with Crippen molar-refractivity contribution in [2.75, 3.05) is 13.2 Å². The molecule has 0 aromatic carbocycles. The lowest BCUT2D eigenvalue weighted by molar-refractivity contribution is -0.167. The molecule has 0 fully saturated rings. The van der Waals surface area contributed by atoms with Crippen LogP contribution in [0.3, 0.4) is 0 Å². The van der Waals surface area contributed by atoms with E-state index < -0.39 is 6.10 Å². The van der Waals surface area contributed by atoms with Gasteiger partial charge in [0.25, 0.3) is 0 Å². The molecule has 0 amide bonds. The Hall–Kier alpha value is -3.15. The molecule has 0 aliphatic carbocycles. The minimum atomic E-state index is -0.775. The summed E-state index contributed by atoms with van der Waals surface area (Å²) < 4.78 is 16.8. The molecule has 0 aromatic rings. The monoisotopic (exact) mass is 1100 g/mol. The first-order valence-corrected chi connectivity index (χ1v) is 34.4. The normalized spacial score (nSPS) is 12.5. The first-order chi connectivity index (χ1) is 39.0. The van der Waals surface area contributed by atoms with Gasteiger partial charge in [0.05, 0.1) is 0 Å². The Morgan fingerprint density at radius 3 is 0.709 bits per heavy atom. The molecule has 0 radical (unpaired) electrons. The van der Waals surface area contributed by atoms with E-state index in [0.717, 1.165) is 96.3 Å². The van der Waals surface area contributed by atoms with Gasteiger partial charge < -0.3 is 14.2 Å². The van der Waals surface area contributed by atoms with Gasteiger partial charge in [0.15, 0.2) is 6.10 Å². The predicted molar refractivity (Wildman–Crippen MR) is 344 cm³/mol. The highest BCUT2D eigenvalue weighted by atomic mass is 16.6. The predicted octanol–water partition coefficient (Wildman–Crippen LogP) is 23.7. The maximum Gasteiger partial charge on any atom is 0.306 e. The summed E-state index contributed by atoms with van der Waals surface area (Å²) in [6, 6.07) is 0. The number of hydrogen-bond acceptors (Lipinski definition) is 6. The first kappa shape index (κ1) is 75.8. The summed E-state index contributed by atoms with van der Waals surface area (Å²) >= 11 is 0.